The van der Waals surface area contributed by atoms with E-state index in [0.717, 1.165) is 10.4 Å². The molecule has 2 aromatic carbocycles. The van der Waals surface area contributed by atoms with Crippen LogP contribution in [0.4, 0.5) is 0 Å². The number of rotatable bonds is 0. The van der Waals surface area contributed by atoms with Gasteiger partial charge in [-0.05, 0) is 12.1 Å². The molecule has 68 valence electrons. The van der Waals surface area contributed by atoms with Gasteiger partial charge in [0.2, 0.25) is 0 Å². The van der Waals surface area contributed by atoms with Gasteiger partial charge in [0.25, 0.3) is 0 Å². The first-order valence-corrected chi connectivity index (χ1v) is 5.73. The van der Waals surface area contributed by atoms with Crippen molar-refractivity contribution in [3.05, 3.63) is 36.4 Å². The Morgan fingerprint density at radius 1 is 0.733 bits per heavy atom. The second kappa shape index (κ2) is 3.08. The van der Waals surface area contributed by atoms with Gasteiger partial charge in [0.1, 0.15) is 0 Å². The molecule has 0 aliphatic carbocycles. The fraction of sp³-hybridized carbons (Fsp3) is 0. The third kappa shape index (κ3) is 1.35. The van der Waals surface area contributed by atoms with E-state index in [1.54, 1.807) is 0 Å². The largest absolute Gasteiger partial charge is 0.355 e. The molecule has 0 saturated carbocycles. The van der Waals surface area contributed by atoms with Gasteiger partial charge in [-0.15, -0.1) is 0 Å². The lowest BCUT2D eigenvalue weighted by molar-refractivity contribution is 1.55. The van der Waals surface area contributed by atoms with E-state index in [1.807, 2.05) is 12.1 Å². The number of H-pyrrole nitrogens is 1. The van der Waals surface area contributed by atoms with Crippen molar-refractivity contribution >= 4 is 52.7 Å². The van der Waals surface area contributed by atoms with Gasteiger partial charge in [0, 0.05) is 21.8 Å². The van der Waals surface area contributed by atoms with Crippen molar-refractivity contribution in [3.63, 3.8) is 0 Å². The standard InChI is InChI=1S/C12H7NSi2/c14-7-1-3-11-9(5-7)10-6-8(15)2-4-12(10)13-11/h1-6,13H. The second-order valence-corrected chi connectivity index (χ2v) is 4.80. The van der Waals surface area contributed by atoms with Gasteiger partial charge in [-0.1, -0.05) is 34.6 Å². The minimum Gasteiger partial charge on any atom is -0.355 e. The maximum absolute atomic E-state index is 3.55. The number of nitrogens with one attached hydrogen (secondary N) is 1. The van der Waals surface area contributed by atoms with Crippen molar-refractivity contribution in [1.29, 1.82) is 0 Å². The summed E-state index contributed by atoms with van der Waals surface area (Å²) in [5, 5.41) is 4.70. The highest BCUT2D eigenvalue weighted by Gasteiger charge is 2.03. The topological polar surface area (TPSA) is 15.8 Å². The zero-order chi connectivity index (χ0) is 10.4. The number of hydrogen-bond donors (Lipinski definition) is 1. The van der Waals surface area contributed by atoms with E-state index in [0.29, 0.717) is 0 Å². The fourth-order valence-corrected chi connectivity index (χ4v) is 2.35. The molecular weight excluding hydrogens is 214 g/mol. The molecule has 1 aromatic heterocycles. The quantitative estimate of drug-likeness (QED) is 0.543. The Balaban J connectivity index is 2.55. The highest BCUT2D eigenvalue weighted by molar-refractivity contribution is 6.35. The molecule has 0 aliphatic rings. The van der Waals surface area contributed by atoms with E-state index in [2.05, 4.69) is 49.7 Å². The van der Waals surface area contributed by atoms with Gasteiger partial charge < -0.3 is 4.98 Å². The van der Waals surface area contributed by atoms with Crippen LogP contribution in [0.5, 0.6) is 0 Å². The molecule has 3 aromatic rings. The summed E-state index contributed by atoms with van der Waals surface area (Å²) in [6, 6.07) is 12.5. The Morgan fingerprint density at radius 2 is 1.20 bits per heavy atom. The van der Waals surface area contributed by atoms with E-state index < -0.39 is 0 Å². The molecule has 0 spiro atoms. The highest BCUT2D eigenvalue weighted by atomic mass is 28.1. The van der Waals surface area contributed by atoms with Crippen LogP contribution in [0.25, 0.3) is 21.8 Å². The van der Waals surface area contributed by atoms with E-state index in [4.69, 9.17) is 0 Å². The predicted octanol–water partition coefficient (Wildman–Crippen LogP) is 0.909. The third-order valence-electron chi connectivity index (χ3n) is 2.60. The van der Waals surface area contributed by atoms with Crippen molar-refractivity contribution < 1.29 is 0 Å². The number of aromatic nitrogens is 1. The van der Waals surface area contributed by atoms with Crippen molar-refractivity contribution in [2.75, 3.05) is 0 Å². The van der Waals surface area contributed by atoms with Crippen LogP contribution in [-0.2, 0) is 0 Å². The molecule has 3 rings (SSSR count). The van der Waals surface area contributed by atoms with Crippen molar-refractivity contribution in [1.82, 2.24) is 4.98 Å². The monoisotopic (exact) mass is 221 g/mol. The average Bonchev–Trinajstić information content (AvgIpc) is 2.56. The first-order valence-electron chi connectivity index (χ1n) is 4.73. The molecule has 1 heterocycles. The predicted molar refractivity (Wildman–Crippen MR) is 66.6 cm³/mol. The minimum absolute atomic E-state index is 1.10. The molecule has 1 N–H and O–H groups in total. The van der Waals surface area contributed by atoms with Crippen LogP contribution in [-0.4, -0.2) is 25.5 Å². The zero-order valence-corrected chi connectivity index (χ0v) is 9.96. The molecule has 1 nitrogen and oxygen atoms in total. The van der Waals surface area contributed by atoms with E-state index in [9.17, 15) is 0 Å². The van der Waals surface area contributed by atoms with Crippen molar-refractivity contribution in [2.24, 2.45) is 0 Å². The number of hydrogen-bond acceptors (Lipinski definition) is 0. The van der Waals surface area contributed by atoms with Gasteiger partial charge >= 0.3 is 0 Å². The number of benzene rings is 2. The highest BCUT2D eigenvalue weighted by Crippen LogP contribution is 2.22. The normalized spacial score (nSPS) is 11.3. The first kappa shape index (κ1) is 8.94. The summed E-state index contributed by atoms with van der Waals surface area (Å²) in [4.78, 5) is 3.39. The Bertz CT molecular complexity index is 599. The third-order valence-corrected chi connectivity index (χ3v) is 3.22. The Morgan fingerprint density at radius 3 is 1.67 bits per heavy atom. The smallest absolute Gasteiger partial charge is 0.0712 e. The zero-order valence-electron chi connectivity index (χ0n) is 7.96. The summed E-state index contributed by atoms with van der Waals surface area (Å²) in [6.07, 6.45) is 0. The van der Waals surface area contributed by atoms with E-state index in [-0.39, 0.29) is 0 Å². The van der Waals surface area contributed by atoms with Crippen LogP contribution in [0.15, 0.2) is 36.4 Å². The molecule has 0 unspecified atom stereocenters. The summed E-state index contributed by atoms with van der Waals surface area (Å²) in [5.74, 6) is 0. The van der Waals surface area contributed by atoms with E-state index >= 15 is 0 Å². The Hall–Kier alpha value is -1.33. The lowest BCUT2D eigenvalue weighted by Crippen LogP contribution is -2.00. The summed E-state index contributed by atoms with van der Waals surface area (Å²) in [6.45, 7) is 0. The lowest BCUT2D eigenvalue weighted by atomic mass is 10.1. The van der Waals surface area contributed by atoms with Gasteiger partial charge in [-0.2, -0.15) is 0 Å². The average molecular weight is 221 g/mol. The summed E-state index contributed by atoms with van der Waals surface area (Å²) < 4.78 is 0. The van der Waals surface area contributed by atoms with Crippen LogP contribution >= 0.6 is 0 Å². The van der Waals surface area contributed by atoms with Gasteiger partial charge in [-0.3, -0.25) is 0 Å². The molecule has 15 heavy (non-hydrogen) atoms. The van der Waals surface area contributed by atoms with Gasteiger partial charge in [0.05, 0.1) is 20.5 Å². The van der Waals surface area contributed by atoms with Crippen LogP contribution in [0.1, 0.15) is 0 Å². The second-order valence-electron chi connectivity index (χ2n) is 3.65. The molecule has 0 saturated heterocycles. The summed E-state index contributed by atoms with van der Waals surface area (Å²) in [7, 11) is 7.09. The molecular formula is C12H7NSi2. The fourth-order valence-electron chi connectivity index (χ4n) is 1.90. The van der Waals surface area contributed by atoms with Gasteiger partial charge in [-0.25, -0.2) is 0 Å². The molecule has 0 fully saturated rings. The Labute approximate surface area is 94.3 Å². The Kier molecular flexibility index (Phi) is 1.84. The molecule has 6 radical (unpaired) electrons. The van der Waals surface area contributed by atoms with E-state index in [1.165, 1.54) is 21.8 Å². The van der Waals surface area contributed by atoms with Crippen LogP contribution in [0, 0.1) is 0 Å². The molecule has 0 amide bonds. The summed E-state index contributed by atoms with van der Waals surface area (Å²) in [5.41, 5.74) is 2.34. The minimum atomic E-state index is 1.10. The van der Waals surface area contributed by atoms with Crippen molar-refractivity contribution in [3.8, 4) is 0 Å². The van der Waals surface area contributed by atoms with Crippen LogP contribution in [0.3, 0.4) is 0 Å². The first-order chi connectivity index (χ1) is 7.24. The molecule has 0 aliphatic heterocycles. The van der Waals surface area contributed by atoms with Crippen LogP contribution < -0.4 is 10.4 Å². The summed E-state index contributed by atoms with van der Waals surface area (Å²) >= 11 is 0. The maximum Gasteiger partial charge on any atom is 0.0712 e. The van der Waals surface area contributed by atoms with Crippen molar-refractivity contribution in [2.45, 2.75) is 0 Å². The number of aromatic amines is 1. The molecule has 0 atom stereocenters. The van der Waals surface area contributed by atoms with Crippen LogP contribution in [0.2, 0.25) is 0 Å². The molecule has 3 heteroatoms. The molecule has 0 bridgehead atoms. The number of fused-ring (bicyclic) bond motifs is 3. The SMILES string of the molecule is [Si]c1ccc2[nH]c3ccc([Si])cc3c2c1. The lowest BCUT2D eigenvalue weighted by Gasteiger charge is -1.94. The maximum atomic E-state index is 3.55. The van der Waals surface area contributed by atoms with Gasteiger partial charge in [0.15, 0.2) is 0 Å².